The number of aryl methyl sites for hydroxylation is 2. The zero-order valence-corrected chi connectivity index (χ0v) is 20.1. The fraction of sp³-hybridized carbons (Fsp3) is 0.346. The van der Waals surface area contributed by atoms with E-state index < -0.39 is 12.0 Å². The minimum atomic E-state index is -0.633. The maximum absolute atomic E-state index is 13.6. The van der Waals surface area contributed by atoms with Gasteiger partial charge in [0, 0.05) is 11.4 Å². The van der Waals surface area contributed by atoms with Crippen LogP contribution < -0.4 is 20.1 Å². The molecular formula is C26H31N5O3. The van der Waals surface area contributed by atoms with Crippen molar-refractivity contribution < 1.29 is 14.3 Å². The molecule has 2 aromatic carbocycles. The van der Waals surface area contributed by atoms with Gasteiger partial charge in [-0.3, -0.25) is 4.79 Å². The van der Waals surface area contributed by atoms with Gasteiger partial charge in [-0.25, -0.2) is 4.68 Å². The minimum Gasteiger partial charge on any atom is -0.493 e. The van der Waals surface area contributed by atoms with Gasteiger partial charge in [0.05, 0.1) is 19.8 Å². The molecule has 2 heterocycles. The van der Waals surface area contributed by atoms with Gasteiger partial charge < -0.3 is 20.1 Å². The van der Waals surface area contributed by atoms with Crippen molar-refractivity contribution in [2.45, 2.75) is 39.7 Å². The van der Waals surface area contributed by atoms with Crippen molar-refractivity contribution in [1.29, 1.82) is 0 Å². The van der Waals surface area contributed by atoms with E-state index in [0.717, 1.165) is 35.2 Å². The Morgan fingerprint density at radius 2 is 2.03 bits per heavy atom. The summed E-state index contributed by atoms with van der Waals surface area (Å²) < 4.78 is 13.2. The Labute approximate surface area is 200 Å². The predicted octanol–water partition coefficient (Wildman–Crippen LogP) is 4.87. The van der Waals surface area contributed by atoms with Gasteiger partial charge in [0.15, 0.2) is 11.5 Å². The maximum Gasteiger partial charge on any atom is 0.235 e. The van der Waals surface area contributed by atoms with Gasteiger partial charge in [0.25, 0.3) is 0 Å². The van der Waals surface area contributed by atoms with Gasteiger partial charge in [0.2, 0.25) is 11.9 Å². The van der Waals surface area contributed by atoms with E-state index in [2.05, 4.69) is 34.2 Å². The van der Waals surface area contributed by atoms with Crippen LogP contribution in [0.25, 0.3) is 0 Å². The third-order valence-electron chi connectivity index (χ3n) is 6.01. The van der Waals surface area contributed by atoms with Crippen molar-refractivity contribution in [2.75, 3.05) is 24.4 Å². The Balaban J connectivity index is 1.70. The molecule has 0 fully saturated rings. The molecule has 34 heavy (non-hydrogen) atoms. The number of ether oxygens (including phenoxy) is 2. The normalized spacial score (nSPS) is 17.0. The van der Waals surface area contributed by atoms with Gasteiger partial charge in [-0.2, -0.15) is 10.1 Å². The SMILES string of the molecule is C=C1Nc2ncnn2C(c2ccc(OCCCC)c(OC)c2)C1C(=O)Nc1ccc(C)cc1C. The van der Waals surface area contributed by atoms with E-state index in [1.54, 1.807) is 11.8 Å². The smallest absolute Gasteiger partial charge is 0.235 e. The second-order valence-electron chi connectivity index (χ2n) is 8.52. The molecule has 1 aromatic heterocycles. The molecule has 8 nitrogen and oxygen atoms in total. The van der Waals surface area contributed by atoms with Crippen LogP contribution in [-0.4, -0.2) is 34.4 Å². The van der Waals surface area contributed by atoms with E-state index in [1.165, 1.54) is 6.33 Å². The minimum absolute atomic E-state index is 0.183. The van der Waals surface area contributed by atoms with E-state index >= 15 is 0 Å². The molecule has 0 radical (unpaired) electrons. The van der Waals surface area contributed by atoms with Crippen LogP contribution in [0.2, 0.25) is 0 Å². The number of carbonyl (C=O) groups excluding carboxylic acids is 1. The van der Waals surface area contributed by atoms with Crippen molar-refractivity contribution >= 4 is 17.5 Å². The highest BCUT2D eigenvalue weighted by Crippen LogP contribution is 2.40. The summed E-state index contributed by atoms with van der Waals surface area (Å²) in [6, 6.07) is 11.2. The number of aromatic nitrogens is 3. The van der Waals surface area contributed by atoms with Crippen LogP contribution >= 0.6 is 0 Å². The zero-order valence-electron chi connectivity index (χ0n) is 20.1. The maximum atomic E-state index is 13.6. The second kappa shape index (κ2) is 9.99. The number of carbonyl (C=O) groups is 1. The van der Waals surface area contributed by atoms with Crippen LogP contribution in [-0.2, 0) is 4.79 Å². The number of methoxy groups -OCH3 is 1. The Hall–Kier alpha value is -3.81. The Morgan fingerprint density at radius 3 is 2.76 bits per heavy atom. The molecule has 8 heteroatoms. The number of nitrogens with zero attached hydrogens (tertiary/aromatic N) is 3. The number of unbranched alkanes of at least 4 members (excludes halogenated alkanes) is 1. The first kappa shape index (κ1) is 23.4. The summed E-state index contributed by atoms with van der Waals surface area (Å²) in [5.74, 6) is 0.993. The molecule has 1 aliphatic rings. The first-order chi connectivity index (χ1) is 16.4. The van der Waals surface area contributed by atoms with Crippen molar-refractivity contribution in [3.63, 3.8) is 0 Å². The summed E-state index contributed by atoms with van der Waals surface area (Å²) >= 11 is 0. The second-order valence-corrected chi connectivity index (χ2v) is 8.52. The molecular weight excluding hydrogens is 430 g/mol. The van der Waals surface area contributed by atoms with Gasteiger partial charge in [-0.05, 0) is 49.6 Å². The Morgan fingerprint density at radius 1 is 1.21 bits per heavy atom. The topological polar surface area (TPSA) is 90.3 Å². The van der Waals surface area contributed by atoms with Crippen LogP contribution in [0.5, 0.6) is 11.5 Å². The van der Waals surface area contributed by atoms with E-state index in [1.807, 2.05) is 50.2 Å². The van der Waals surface area contributed by atoms with E-state index in [4.69, 9.17) is 9.47 Å². The quantitative estimate of drug-likeness (QED) is 0.466. The number of benzene rings is 2. The van der Waals surface area contributed by atoms with Crippen LogP contribution in [0, 0.1) is 19.8 Å². The van der Waals surface area contributed by atoms with Crippen LogP contribution in [0.3, 0.4) is 0 Å². The summed E-state index contributed by atoms with van der Waals surface area (Å²) in [5.41, 5.74) is 4.29. The molecule has 178 valence electrons. The summed E-state index contributed by atoms with van der Waals surface area (Å²) in [5, 5.41) is 10.6. The summed E-state index contributed by atoms with van der Waals surface area (Å²) in [6.07, 6.45) is 3.47. The Bertz CT molecular complexity index is 1200. The average molecular weight is 462 g/mol. The van der Waals surface area contributed by atoms with Crippen molar-refractivity contribution in [3.8, 4) is 11.5 Å². The number of nitrogens with one attached hydrogen (secondary N) is 2. The van der Waals surface area contributed by atoms with E-state index in [9.17, 15) is 4.79 Å². The van der Waals surface area contributed by atoms with E-state index in [0.29, 0.717) is 29.8 Å². The van der Waals surface area contributed by atoms with Crippen LogP contribution in [0.4, 0.5) is 11.6 Å². The molecule has 1 aliphatic heterocycles. The highest BCUT2D eigenvalue weighted by molar-refractivity contribution is 5.96. The molecule has 0 aliphatic carbocycles. The molecule has 2 unspecified atom stereocenters. The van der Waals surface area contributed by atoms with Crippen LogP contribution in [0.15, 0.2) is 55.0 Å². The molecule has 0 saturated carbocycles. The highest BCUT2D eigenvalue weighted by atomic mass is 16.5. The molecule has 0 bridgehead atoms. The number of fused-ring (bicyclic) bond motifs is 1. The molecule has 3 aromatic rings. The number of amides is 1. The van der Waals surface area contributed by atoms with E-state index in [-0.39, 0.29) is 5.91 Å². The number of hydrogen-bond acceptors (Lipinski definition) is 6. The molecule has 1 amide bonds. The Kier molecular flexibility index (Phi) is 6.86. The monoisotopic (exact) mass is 461 g/mol. The predicted molar refractivity (Wildman–Crippen MR) is 132 cm³/mol. The van der Waals surface area contributed by atoms with Crippen LogP contribution in [0.1, 0.15) is 42.5 Å². The molecule has 2 atom stereocenters. The third-order valence-corrected chi connectivity index (χ3v) is 6.01. The van der Waals surface area contributed by atoms with Crippen molar-refractivity contribution in [3.05, 3.63) is 71.7 Å². The molecule has 2 N–H and O–H groups in total. The lowest BCUT2D eigenvalue weighted by Gasteiger charge is -2.34. The summed E-state index contributed by atoms with van der Waals surface area (Å²) in [6.45, 7) is 10.9. The highest BCUT2D eigenvalue weighted by Gasteiger charge is 2.40. The molecule has 4 rings (SSSR count). The molecule has 0 spiro atoms. The van der Waals surface area contributed by atoms with Gasteiger partial charge in [-0.15, -0.1) is 0 Å². The zero-order chi connectivity index (χ0) is 24.2. The largest absolute Gasteiger partial charge is 0.493 e. The summed E-state index contributed by atoms with van der Waals surface area (Å²) in [7, 11) is 1.61. The average Bonchev–Trinajstić information content (AvgIpc) is 3.28. The molecule has 0 saturated heterocycles. The first-order valence-corrected chi connectivity index (χ1v) is 11.5. The van der Waals surface area contributed by atoms with Gasteiger partial charge in [-0.1, -0.05) is 43.7 Å². The fourth-order valence-electron chi connectivity index (χ4n) is 4.21. The number of rotatable bonds is 8. The third kappa shape index (κ3) is 4.62. The van der Waals surface area contributed by atoms with Crippen molar-refractivity contribution in [2.24, 2.45) is 5.92 Å². The number of hydrogen-bond donors (Lipinski definition) is 2. The number of anilines is 2. The van der Waals surface area contributed by atoms with Gasteiger partial charge >= 0.3 is 0 Å². The van der Waals surface area contributed by atoms with Gasteiger partial charge in [0.1, 0.15) is 12.2 Å². The fourth-order valence-corrected chi connectivity index (χ4v) is 4.21. The van der Waals surface area contributed by atoms with Crippen molar-refractivity contribution in [1.82, 2.24) is 14.8 Å². The lowest BCUT2D eigenvalue weighted by atomic mass is 9.88. The summed E-state index contributed by atoms with van der Waals surface area (Å²) in [4.78, 5) is 17.9. The lowest BCUT2D eigenvalue weighted by molar-refractivity contribution is -0.119. The standard InChI is InChI=1S/C26H31N5O3/c1-6-7-12-34-21-11-9-19(14-22(21)33-5)24-23(18(4)29-26-27-15-28-31(24)26)25(32)30-20-10-8-16(2)13-17(20)3/h8-11,13-15,23-24H,4,6-7,12H2,1-3,5H3,(H,30,32)(H,27,28,29). The lowest BCUT2D eigenvalue weighted by Crippen LogP contribution is -2.39. The first-order valence-electron chi connectivity index (χ1n) is 11.5.